The molecule has 13 heteroatoms. The van der Waals surface area contributed by atoms with E-state index in [4.69, 9.17) is 13.7 Å². The second kappa shape index (κ2) is 10.8. The Morgan fingerprint density at radius 2 is 1.90 bits per heavy atom. The molecule has 2 aromatic rings. The normalized spacial score (nSPS) is 32.4. The Morgan fingerprint density at radius 1 is 1.23 bits per heavy atom. The van der Waals surface area contributed by atoms with Crippen LogP contribution in [0.1, 0.15) is 51.8 Å². The highest BCUT2D eigenvalue weighted by atomic mass is 31.2. The van der Waals surface area contributed by atoms with Crippen molar-refractivity contribution in [2.45, 2.75) is 82.3 Å². The molecule has 1 unspecified atom stereocenters. The molecule has 0 saturated carbocycles. The molecule has 2 fully saturated rings. The van der Waals surface area contributed by atoms with E-state index in [1.807, 2.05) is 64.2 Å². The lowest BCUT2D eigenvalue weighted by atomic mass is 9.98. The van der Waals surface area contributed by atoms with Gasteiger partial charge in [0.1, 0.15) is 12.2 Å². The van der Waals surface area contributed by atoms with Crippen LogP contribution in [0.15, 0.2) is 52.2 Å². The van der Waals surface area contributed by atoms with Crippen molar-refractivity contribution in [3.05, 3.63) is 69.0 Å². The number of ether oxygens (including phenoxy) is 1. The number of nitrogens with zero attached hydrogens (tertiary/aromatic N) is 2. The van der Waals surface area contributed by atoms with Crippen molar-refractivity contribution in [2.24, 2.45) is 0 Å². The fourth-order valence-electron chi connectivity index (χ4n) is 4.83. The van der Waals surface area contributed by atoms with Gasteiger partial charge in [-0.05, 0) is 43.0 Å². The quantitative estimate of drug-likeness (QED) is 0.357. The fraction of sp³-hybridized carbons (Fsp3) is 0.615. The molecule has 0 spiro atoms. The van der Waals surface area contributed by atoms with Crippen molar-refractivity contribution in [3.8, 4) is 0 Å². The number of benzene rings is 1. The van der Waals surface area contributed by atoms with E-state index in [0.717, 1.165) is 21.0 Å². The fourth-order valence-corrected chi connectivity index (χ4v) is 8.38. The average Bonchev–Trinajstić information content (AvgIpc) is 3.09. The highest BCUT2D eigenvalue weighted by molar-refractivity contribution is 7.56. The van der Waals surface area contributed by atoms with E-state index in [-0.39, 0.29) is 30.3 Å². The van der Waals surface area contributed by atoms with Crippen molar-refractivity contribution >= 4 is 15.8 Å². The molecular weight excluding hydrogens is 544 g/mol. The zero-order valence-electron chi connectivity index (χ0n) is 23.3. The minimum Gasteiger partial charge on any atom is -0.408 e. The number of hydrogen-bond acceptors (Lipinski definition) is 7. The van der Waals surface area contributed by atoms with E-state index in [2.05, 4.69) is 4.98 Å². The summed E-state index contributed by atoms with van der Waals surface area (Å²) in [6.45, 7) is 11.1. The van der Waals surface area contributed by atoms with E-state index in [1.54, 1.807) is 0 Å². The second-order valence-corrected chi connectivity index (χ2v) is 19.2. The number of hydroxylamine groups is 1. The van der Waals surface area contributed by atoms with E-state index in [1.165, 1.54) is 13.1 Å². The van der Waals surface area contributed by atoms with Crippen LogP contribution in [-0.2, 0) is 18.3 Å². The van der Waals surface area contributed by atoms with E-state index >= 15 is 4.39 Å². The zero-order chi connectivity index (χ0) is 28.8. The molecule has 1 aromatic carbocycles. The number of nitrogens with one attached hydrogen (secondary N) is 1. The van der Waals surface area contributed by atoms with Crippen molar-refractivity contribution < 1.29 is 27.8 Å². The molecule has 0 aliphatic carbocycles. The molecule has 0 amide bonds. The molecule has 3 heterocycles. The number of rotatable bonds is 7. The monoisotopic (exact) mass is 583 g/mol. The van der Waals surface area contributed by atoms with Gasteiger partial charge in [0.25, 0.3) is 13.1 Å². The van der Waals surface area contributed by atoms with Crippen LogP contribution in [0.25, 0.3) is 0 Å². The molecule has 2 saturated heterocycles. The lowest BCUT2D eigenvalue weighted by Gasteiger charge is -2.41. The van der Waals surface area contributed by atoms with Gasteiger partial charge in [0, 0.05) is 25.0 Å². The third kappa shape index (κ3) is 6.07. The number of H-pyrrole nitrogens is 1. The first-order valence-corrected chi connectivity index (χ1v) is 17.8. The Bertz CT molecular complexity index is 1330. The predicted octanol–water partition coefficient (Wildman–Crippen LogP) is 4.64. The molecule has 10 nitrogen and oxygen atoms in total. The van der Waals surface area contributed by atoms with Crippen LogP contribution in [0.2, 0.25) is 18.1 Å². The van der Waals surface area contributed by atoms with E-state index < -0.39 is 51.2 Å². The number of halogens is 1. The maximum Gasteiger partial charge on any atom is 0.330 e. The average molecular weight is 584 g/mol. The van der Waals surface area contributed by atoms with Gasteiger partial charge in [-0.3, -0.25) is 18.9 Å². The molecule has 2 aliphatic rings. The van der Waals surface area contributed by atoms with Gasteiger partial charge in [-0.1, -0.05) is 51.1 Å². The van der Waals surface area contributed by atoms with Gasteiger partial charge in [0.05, 0.1) is 6.61 Å². The van der Waals surface area contributed by atoms with Crippen LogP contribution in [0.4, 0.5) is 4.39 Å². The molecule has 39 heavy (non-hydrogen) atoms. The minimum absolute atomic E-state index is 0.0804. The summed E-state index contributed by atoms with van der Waals surface area (Å²) in [7, 11) is -6.27. The summed E-state index contributed by atoms with van der Waals surface area (Å²) >= 11 is 0. The maximum absolute atomic E-state index is 16.6. The Kier molecular flexibility index (Phi) is 8.33. The van der Waals surface area contributed by atoms with Gasteiger partial charge >= 0.3 is 5.69 Å². The highest BCUT2D eigenvalue weighted by Crippen LogP contribution is 2.57. The van der Waals surface area contributed by atoms with Crippen LogP contribution in [-0.4, -0.2) is 65.1 Å². The van der Waals surface area contributed by atoms with Gasteiger partial charge in [0.2, 0.25) is 0 Å². The Labute approximate surface area is 228 Å². The lowest BCUT2D eigenvalue weighted by Crippen LogP contribution is -2.53. The van der Waals surface area contributed by atoms with Crippen LogP contribution in [0.5, 0.6) is 0 Å². The summed E-state index contributed by atoms with van der Waals surface area (Å²) in [5, 5.41) is 10.3. The number of aromatic amines is 1. The number of alkyl halides is 1. The second-order valence-electron chi connectivity index (χ2n) is 12.1. The van der Waals surface area contributed by atoms with E-state index in [9.17, 15) is 19.4 Å². The first kappa shape index (κ1) is 30.0. The third-order valence-corrected chi connectivity index (χ3v) is 15.0. The van der Waals surface area contributed by atoms with Crippen molar-refractivity contribution in [1.82, 2.24) is 14.4 Å². The smallest absolute Gasteiger partial charge is 0.330 e. The molecule has 4 rings (SSSR count). The van der Waals surface area contributed by atoms with Crippen LogP contribution < -0.4 is 11.2 Å². The third-order valence-electron chi connectivity index (χ3n) is 8.20. The maximum atomic E-state index is 16.6. The van der Waals surface area contributed by atoms with Gasteiger partial charge in [-0.15, -0.1) is 4.83 Å². The zero-order valence-corrected chi connectivity index (χ0v) is 25.2. The van der Waals surface area contributed by atoms with E-state index in [0.29, 0.717) is 6.42 Å². The Morgan fingerprint density at radius 3 is 2.51 bits per heavy atom. The summed E-state index contributed by atoms with van der Waals surface area (Å²) in [4.78, 5) is 27.1. The van der Waals surface area contributed by atoms with Gasteiger partial charge < -0.3 is 18.9 Å². The van der Waals surface area contributed by atoms with Crippen LogP contribution in [0.3, 0.4) is 0 Å². The van der Waals surface area contributed by atoms with Crippen molar-refractivity contribution in [2.75, 3.05) is 19.3 Å². The first-order valence-electron chi connectivity index (χ1n) is 13.1. The summed E-state index contributed by atoms with van der Waals surface area (Å²) in [6.07, 6.45) is -1.78. The molecule has 1 aromatic heterocycles. The highest BCUT2D eigenvalue weighted by Gasteiger charge is 2.59. The minimum atomic E-state index is -3.71. The van der Waals surface area contributed by atoms with Crippen molar-refractivity contribution in [1.29, 1.82) is 0 Å². The molecule has 216 valence electrons. The standard InChI is InChI=1S/C26H39FN3O7PSi/c1-25(2,3)39(5,6)37-22-20(36-23(26(22,4)27)29-14-13-21(31)28-24(29)32)16-35-38(34)17-19(12-15-30(38)33)18-10-8-7-9-11-18/h7-11,13-14,19-20,22-23,33H,12,15-17H2,1-6H3,(H,28,31,32)/t19-,20+,22+,23+,26+,38?/m0/s1. The molecule has 0 radical (unpaired) electrons. The largest absolute Gasteiger partial charge is 0.408 e. The van der Waals surface area contributed by atoms with Crippen molar-refractivity contribution in [3.63, 3.8) is 0 Å². The van der Waals surface area contributed by atoms with Crippen LogP contribution >= 0.6 is 7.52 Å². The summed E-state index contributed by atoms with van der Waals surface area (Å²) in [5.41, 5.74) is -2.65. The van der Waals surface area contributed by atoms with Gasteiger partial charge in [-0.25, -0.2) is 9.18 Å². The predicted molar refractivity (Wildman–Crippen MR) is 148 cm³/mol. The molecular formula is C26H39FN3O7PSi. The Hall–Kier alpha value is -1.92. The summed E-state index contributed by atoms with van der Waals surface area (Å²) in [5.74, 6) is -0.0804. The number of aromatic nitrogens is 2. The molecule has 6 atom stereocenters. The number of hydrogen-bond donors (Lipinski definition) is 2. The van der Waals surface area contributed by atoms with Crippen LogP contribution in [0, 0.1) is 0 Å². The molecule has 0 bridgehead atoms. The SMILES string of the molecule is CC(C)(C)[Si](C)(C)O[C@@H]1[C@@H](COP2(=O)C[C@@H](c3ccccc3)CCN2O)O[C@@H](n2ccc(=O)[nH]c2=O)[C@]1(C)F. The molecule has 2 aliphatic heterocycles. The molecule has 2 N–H and O–H groups in total. The summed E-state index contributed by atoms with van der Waals surface area (Å²) in [6, 6.07) is 10.7. The summed E-state index contributed by atoms with van der Waals surface area (Å²) < 4.78 is 49.9. The Balaban J connectivity index is 1.62. The topological polar surface area (TPSA) is 123 Å². The van der Waals surface area contributed by atoms with Gasteiger partial charge in [-0.2, -0.15) is 0 Å². The lowest BCUT2D eigenvalue weighted by molar-refractivity contribution is -0.0658. The first-order chi connectivity index (χ1) is 18.0. The van der Waals surface area contributed by atoms with Gasteiger partial charge in [0.15, 0.2) is 20.2 Å².